The van der Waals surface area contributed by atoms with E-state index in [2.05, 4.69) is 21.2 Å². The van der Waals surface area contributed by atoms with Crippen molar-refractivity contribution in [1.82, 2.24) is 5.32 Å². The van der Waals surface area contributed by atoms with E-state index >= 15 is 0 Å². The average molecular weight is 356 g/mol. The Bertz CT molecular complexity index is 642. The third kappa shape index (κ3) is 2.73. The first-order valence-corrected chi connectivity index (χ1v) is 8.23. The number of esters is 1. The fourth-order valence-electron chi connectivity index (χ4n) is 2.29. The predicted molar refractivity (Wildman–Crippen MR) is 82.9 cm³/mol. The number of nitrogens with one attached hydrogen (secondary N) is 1. The Kier molecular flexibility index (Phi) is 4.05. The SMILES string of the molecule is COC(=O)C1CSCC(c2cc3cc(Br)ccc3o2)N1. The number of hydrogen-bond acceptors (Lipinski definition) is 5. The smallest absolute Gasteiger partial charge is 0.323 e. The molecule has 2 heterocycles. The van der Waals surface area contributed by atoms with E-state index in [4.69, 9.17) is 9.15 Å². The van der Waals surface area contributed by atoms with Crippen molar-refractivity contribution in [3.05, 3.63) is 34.5 Å². The number of carbonyl (C=O) groups is 1. The second kappa shape index (κ2) is 5.79. The molecule has 2 aromatic rings. The molecule has 106 valence electrons. The largest absolute Gasteiger partial charge is 0.468 e. The first-order valence-electron chi connectivity index (χ1n) is 6.28. The number of ether oxygens (including phenoxy) is 1. The Morgan fingerprint density at radius 3 is 3.10 bits per heavy atom. The predicted octanol–water partition coefficient (Wildman–Crippen LogP) is 3.11. The van der Waals surface area contributed by atoms with E-state index in [1.54, 1.807) is 11.8 Å². The summed E-state index contributed by atoms with van der Waals surface area (Å²) in [6.07, 6.45) is 0. The molecule has 0 radical (unpaired) electrons. The van der Waals surface area contributed by atoms with Gasteiger partial charge in [0.2, 0.25) is 0 Å². The van der Waals surface area contributed by atoms with Gasteiger partial charge in [0.1, 0.15) is 17.4 Å². The molecule has 1 aliphatic heterocycles. The lowest BCUT2D eigenvalue weighted by Crippen LogP contribution is -2.45. The Morgan fingerprint density at radius 1 is 1.45 bits per heavy atom. The van der Waals surface area contributed by atoms with Crippen LogP contribution in [0.5, 0.6) is 0 Å². The highest BCUT2D eigenvalue weighted by molar-refractivity contribution is 9.10. The molecule has 0 saturated carbocycles. The number of hydrogen-bond donors (Lipinski definition) is 1. The van der Waals surface area contributed by atoms with Crippen LogP contribution in [0, 0.1) is 0 Å². The van der Waals surface area contributed by atoms with Crippen LogP contribution in [0.4, 0.5) is 0 Å². The quantitative estimate of drug-likeness (QED) is 0.838. The van der Waals surface area contributed by atoms with Crippen LogP contribution in [-0.4, -0.2) is 30.6 Å². The number of carbonyl (C=O) groups excluding carboxylic acids is 1. The molecule has 4 nitrogen and oxygen atoms in total. The normalized spacial score (nSPS) is 22.9. The van der Waals surface area contributed by atoms with E-state index in [1.165, 1.54) is 7.11 Å². The zero-order valence-electron chi connectivity index (χ0n) is 10.9. The van der Waals surface area contributed by atoms with Crippen molar-refractivity contribution >= 4 is 44.6 Å². The topological polar surface area (TPSA) is 51.5 Å². The molecule has 0 spiro atoms. The summed E-state index contributed by atoms with van der Waals surface area (Å²) in [5.41, 5.74) is 0.857. The van der Waals surface area contributed by atoms with Gasteiger partial charge in [0.25, 0.3) is 0 Å². The number of furan rings is 1. The molecule has 0 aliphatic carbocycles. The van der Waals surface area contributed by atoms with Crippen molar-refractivity contribution in [2.24, 2.45) is 0 Å². The van der Waals surface area contributed by atoms with Crippen molar-refractivity contribution in [1.29, 1.82) is 0 Å². The van der Waals surface area contributed by atoms with Crippen LogP contribution in [0.2, 0.25) is 0 Å². The third-order valence-electron chi connectivity index (χ3n) is 3.30. The van der Waals surface area contributed by atoms with E-state index in [0.29, 0.717) is 0 Å². The van der Waals surface area contributed by atoms with Gasteiger partial charge >= 0.3 is 5.97 Å². The lowest BCUT2D eigenvalue weighted by Gasteiger charge is -2.27. The van der Waals surface area contributed by atoms with Crippen molar-refractivity contribution < 1.29 is 13.9 Å². The van der Waals surface area contributed by atoms with Crippen molar-refractivity contribution in [3.8, 4) is 0 Å². The molecule has 1 N–H and O–H groups in total. The van der Waals surface area contributed by atoms with Gasteiger partial charge in [-0.3, -0.25) is 10.1 Å². The highest BCUT2D eigenvalue weighted by atomic mass is 79.9. The molecule has 1 aliphatic rings. The summed E-state index contributed by atoms with van der Waals surface area (Å²) < 4.78 is 11.7. The number of fused-ring (bicyclic) bond motifs is 1. The molecule has 3 rings (SSSR count). The molecule has 20 heavy (non-hydrogen) atoms. The third-order valence-corrected chi connectivity index (χ3v) is 4.93. The summed E-state index contributed by atoms with van der Waals surface area (Å²) >= 11 is 5.18. The maximum Gasteiger partial charge on any atom is 0.323 e. The Labute approximate surface area is 129 Å². The monoisotopic (exact) mass is 355 g/mol. The van der Waals surface area contributed by atoms with E-state index in [0.717, 1.165) is 32.7 Å². The Hall–Kier alpha value is -0.980. The van der Waals surface area contributed by atoms with Gasteiger partial charge in [-0.2, -0.15) is 11.8 Å². The highest BCUT2D eigenvalue weighted by Gasteiger charge is 2.30. The summed E-state index contributed by atoms with van der Waals surface area (Å²) in [7, 11) is 1.41. The minimum absolute atomic E-state index is 0.0315. The highest BCUT2D eigenvalue weighted by Crippen LogP contribution is 2.30. The molecule has 1 saturated heterocycles. The van der Waals surface area contributed by atoms with Crippen molar-refractivity contribution in [2.45, 2.75) is 12.1 Å². The molecular weight excluding hydrogens is 342 g/mol. The molecule has 2 unspecified atom stereocenters. The summed E-state index contributed by atoms with van der Waals surface area (Å²) in [6.45, 7) is 0. The van der Waals surface area contributed by atoms with Gasteiger partial charge in [0, 0.05) is 21.4 Å². The van der Waals surface area contributed by atoms with Crippen LogP contribution >= 0.6 is 27.7 Å². The van der Waals surface area contributed by atoms with Crippen LogP contribution in [0.25, 0.3) is 11.0 Å². The van der Waals surface area contributed by atoms with E-state index < -0.39 is 0 Å². The number of halogens is 1. The van der Waals surface area contributed by atoms with Gasteiger partial charge in [0.05, 0.1) is 13.2 Å². The summed E-state index contributed by atoms with van der Waals surface area (Å²) in [5, 5.41) is 4.35. The van der Waals surface area contributed by atoms with Crippen LogP contribution < -0.4 is 5.32 Å². The molecule has 0 bridgehead atoms. The molecular formula is C14H14BrNO3S. The van der Waals surface area contributed by atoms with Crippen LogP contribution in [-0.2, 0) is 9.53 Å². The maximum absolute atomic E-state index is 11.6. The van der Waals surface area contributed by atoms with Gasteiger partial charge < -0.3 is 9.15 Å². The maximum atomic E-state index is 11.6. The zero-order chi connectivity index (χ0) is 14.1. The van der Waals surface area contributed by atoms with E-state index in [1.807, 2.05) is 24.3 Å². The number of thioether (sulfide) groups is 1. The van der Waals surface area contributed by atoms with Gasteiger partial charge in [0.15, 0.2) is 0 Å². The lowest BCUT2D eigenvalue weighted by atomic mass is 10.2. The number of methoxy groups -OCH3 is 1. The van der Waals surface area contributed by atoms with Gasteiger partial charge in [-0.1, -0.05) is 15.9 Å². The lowest BCUT2D eigenvalue weighted by molar-refractivity contribution is -0.142. The van der Waals surface area contributed by atoms with Crippen LogP contribution in [0.15, 0.2) is 33.2 Å². The summed E-state index contributed by atoms with van der Waals surface area (Å²) in [4.78, 5) is 11.6. The first kappa shape index (κ1) is 14.0. The fourth-order valence-corrected chi connectivity index (χ4v) is 3.77. The second-order valence-electron chi connectivity index (χ2n) is 4.66. The Balaban J connectivity index is 1.84. The molecule has 0 amide bonds. The van der Waals surface area contributed by atoms with E-state index in [-0.39, 0.29) is 18.1 Å². The minimum atomic E-state index is -0.274. The molecule has 2 atom stereocenters. The van der Waals surface area contributed by atoms with Crippen molar-refractivity contribution in [2.75, 3.05) is 18.6 Å². The summed E-state index contributed by atoms with van der Waals surface area (Å²) in [6, 6.07) is 7.70. The Morgan fingerprint density at radius 2 is 2.30 bits per heavy atom. The first-order chi connectivity index (χ1) is 9.67. The van der Waals surface area contributed by atoms with Crippen LogP contribution in [0.3, 0.4) is 0 Å². The minimum Gasteiger partial charge on any atom is -0.468 e. The average Bonchev–Trinajstić information content (AvgIpc) is 2.89. The molecule has 1 aromatic carbocycles. The van der Waals surface area contributed by atoms with Crippen molar-refractivity contribution in [3.63, 3.8) is 0 Å². The molecule has 1 aromatic heterocycles. The molecule has 1 fully saturated rings. The van der Waals surface area contributed by atoms with E-state index in [9.17, 15) is 4.79 Å². The second-order valence-corrected chi connectivity index (χ2v) is 6.65. The summed E-state index contributed by atoms with van der Waals surface area (Å²) in [5.74, 6) is 2.25. The standard InChI is InChI=1S/C14H14BrNO3S/c1-18-14(17)11-7-20-6-10(16-11)13-5-8-4-9(15)2-3-12(8)19-13/h2-5,10-11,16H,6-7H2,1H3. The molecule has 6 heteroatoms. The number of benzene rings is 1. The number of rotatable bonds is 2. The fraction of sp³-hybridized carbons (Fsp3) is 0.357. The van der Waals surface area contributed by atoms with Gasteiger partial charge in [-0.05, 0) is 24.3 Å². The van der Waals surface area contributed by atoms with Gasteiger partial charge in [-0.15, -0.1) is 0 Å². The zero-order valence-corrected chi connectivity index (χ0v) is 13.3. The van der Waals surface area contributed by atoms with Crippen LogP contribution in [0.1, 0.15) is 11.8 Å². The van der Waals surface area contributed by atoms with Gasteiger partial charge in [-0.25, -0.2) is 0 Å².